The Morgan fingerprint density at radius 3 is 1.85 bits per heavy atom. The van der Waals surface area contributed by atoms with Gasteiger partial charge in [0.15, 0.2) is 12.6 Å². The monoisotopic (exact) mass is 382 g/mol. The molecule has 2 aliphatic heterocycles. The highest BCUT2D eigenvalue weighted by Gasteiger charge is 2.32. The van der Waals surface area contributed by atoms with Crippen molar-refractivity contribution in [2.75, 3.05) is 26.4 Å². The van der Waals surface area contributed by atoms with E-state index in [1.54, 1.807) is 0 Å². The second-order valence-corrected chi connectivity index (χ2v) is 9.15. The topological polar surface area (TPSA) is 36.9 Å². The molecule has 2 heterocycles. The van der Waals surface area contributed by atoms with Crippen molar-refractivity contribution in [3.8, 4) is 0 Å². The summed E-state index contributed by atoms with van der Waals surface area (Å²) in [6, 6.07) is 0. The molecule has 0 aromatic rings. The first kappa shape index (κ1) is 21.5. The van der Waals surface area contributed by atoms with Gasteiger partial charge in [0.1, 0.15) is 0 Å². The molecule has 3 fully saturated rings. The second-order valence-electron chi connectivity index (χ2n) is 9.15. The minimum atomic E-state index is -0.0192. The molecule has 0 bridgehead atoms. The van der Waals surface area contributed by atoms with Crippen molar-refractivity contribution >= 4 is 0 Å². The average Bonchev–Trinajstić information content (AvgIpc) is 2.73. The van der Waals surface area contributed by atoms with Crippen molar-refractivity contribution in [2.45, 2.75) is 97.1 Å². The maximum absolute atomic E-state index is 6.13. The predicted octanol–water partition coefficient (Wildman–Crippen LogP) is 5.54. The fourth-order valence-corrected chi connectivity index (χ4v) is 4.94. The molecule has 4 heteroatoms. The van der Waals surface area contributed by atoms with E-state index in [2.05, 4.69) is 13.8 Å². The van der Waals surface area contributed by atoms with Crippen molar-refractivity contribution in [1.29, 1.82) is 0 Å². The van der Waals surface area contributed by atoms with E-state index in [0.717, 1.165) is 45.2 Å². The van der Waals surface area contributed by atoms with Crippen LogP contribution in [0.1, 0.15) is 84.5 Å². The Kier molecular flexibility index (Phi) is 9.37. The van der Waals surface area contributed by atoms with Gasteiger partial charge in [-0.15, -0.1) is 0 Å². The molecular weight excluding hydrogens is 340 g/mol. The lowest BCUT2D eigenvalue weighted by Gasteiger charge is -2.38. The van der Waals surface area contributed by atoms with Gasteiger partial charge in [0.25, 0.3) is 0 Å². The van der Waals surface area contributed by atoms with Gasteiger partial charge in [0.2, 0.25) is 0 Å². The molecule has 2 saturated heterocycles. The van der Waals surface area contributed by atoms with Crippen LogP contribution in [0.2, 0.25) is 0 Å². The van der Waals surface area contributed by atoms with Crippen LogP contribution in [0.5, 0.6) is 0 Å². The van der Waals surface area contributed by atoms with E-state index >= 15 is 0 Å². The van der Waals surface area contributed by atoms with Gasteiger partial charge in [-0.05, 0) is 50.9 Å². The largest absolute Gasteiger partial charge is 0.352 e. The summed E-state index contributed by atoms with van der Waals surface area (Å²) in [6.45, 7) is 7.91. The van der Waals surface area contributed by atoms with Crippen LogP contribution >= 0.6 is 0 Å². The predicted molar refractivity (Wildman–Crippen MR) is 107 cm³/mol. The molecule has 0 N–H and O–H groups in total. The van der Waals surface area contributed by atoms with Crippen molar-refractivity contribution in [1.82, 2.24) is 0 Å². The molecule has 0 spiro atoms. The molecule has 27 heavy (non-hydrogen) atoms. The van der Waals surface area contributed by atoms with E-state index in [4.69, 9.17) is 18.9 Å². The lowest BCUT2D eigenvalue weighted by Crippen LogP contribution is -2.39. The van der Waals surface area contributed by atoms with Gasteiger partial charge in [-0.2, -0.15) is 0 Å². The Hall–Kier alpha value is -0.160. The van der Waals surface area contributed by atoms with E-state index in [-0.39, 0.29) is 12.6 Å². The third-order valence-electron chi connectivity index (χ3n) is 6.78. The zero-order chi connectivity index (χ0) is 18.9. The highest BCUT2D eigenvalue weighted by molar-refractivity contribution is 4.77. The lowest BCUT2D eigenvalue weighted by atomic mass is 9.79. The highest BCUT2D eigenvalue weighted by Crippen LogP contribution is 2.36. The Morgan fingerprint density at radius 2 is 1.22 bits per heavy atom. The van der Waals surface area contributed by atoms with Gasteiger partial charge < -0.3 is 18.9 Å². The molecule has 0 aromatic heterocycles. The van der Waals surface area contributed by atoms with Gasteiger partial charge in [0, 0.05) is 17.8 Å². The standard InChI is InChI=1S/C23H42O4/c1-3-5-7-18-8-11-21(12-9-18)23-26-16-20(17-27-23)10-13-22-24-14-19(6-4-2)15-25-22/h18-23H,3-17H2,1-2H3. The summed E-state index contributed by atoms with van der Waals surface area (Å²) in [5.41, 5.74) is 0. The SMILES string of the molecule is CCCCC1CCC(C2OCC(CCC3OCC(CCC)CO3)CO2)CC1. The molecule has 4 nitrogen and oxygen atoms in total. The molecule has 3 aliphatic rings. The molecule has 1 aliphatic carbocycles. The number of hydrogen-bond donors (Lipinski definition) is 0. The van der Waals surface area contributed by atoms with Crippen LogP contribution in [0.15, 0.2) is 0 Å². The molecule has 158 valence electrons. The van der Waals surface area contributed by atoms with Crippen LogP contribution in [0.3, 0.4) is 0 Å². The molecule has 3 rings (SSSR count). The number of rotatable bonds is 9. The molecule has 0 atom stereocenters. The molecular formula is C23H42O4. The first-order valence-electron chi connectivity index (χ1n) is 11.7. The summed E-state index contributed by atoms with van der Waals surface area (Å²) in [7, 11) is 0. The fourth-order valence-electron chi connectivity index (χ4n) is 4.94. The minimum Gasteiger partial charge on any atom is -0.352 e. The Morgan fingerprint density at radius 1 is 0.593 bits per heavy atom. The molecule has 0 unspecified atom stereocenters. The summed E-state index contributed by atoms with van der Waals surface area (Å²) in [5, 5.41) is 0. The lowest BCUT2D eigenvalue weighted by molar-refractivity contribution is -0.236. The number of hydrogen-bond acceptors (Lipinski definition) is 4. The van der Waals surface area contributed by atoms with Gasteiger partial charge in [-0.3, -0.25) is 0 Å². The van der Waals surface area contributed by atoms with E-state index in [1.807, 2.05) is 0 Å². The Balaban J connectivity index is 1.26. The van der Waals surface area contributed by atoms with Gasteiger partial charge in [0.05, 0.1) is 26.4 Å². The molecule has 0 aromatic carbocycles. The van der Waals surface area contributed by atoms with Crippen molar-refractivity contribution < 1.29 is 18.9 Å². The Bertz CT molecular complexity index is 378. The maximum Gasteiger partial charge on any atom is 0.160 e. The fraction of sp³-hybridized carbons (Fsp3) is 1.00. The smallest absolute Gasteiger partial charge is 0.160 e. The molecule has 0 amide bonds. The van der Waals surface area contributed by atoms with Crippen LogP contribution < -0.4 is 0 Å². The van der Waals surface area contributed by atoms with Gasteiger partial charge in [-0.1, -0.05) is 39.5 Å². The normalized spacial score (nSPS) is 38.0. The van der Waals surface area contributed by atoms with E-state index in [9.17, 15) is 0 Å². The third-order valence-corrected chi connectivity index (χ3v) is 6.78. The van der Waals surface area contributed by atoms with E-state index < -0.39 is 0 Å². The first-order valence-corrected chi connectivity index (χ1v) is 11.7. The third kappa shape index (κ3) is 6.99. The van der Waals surface area contributed by atoms with E-state index in [1.165, 1.54) is 57.8 Å². The average molecular weight is 383 g/mol. The summed E-state index contributed by atoms with van der Waals surface area (Å²) >= 11 is 0. The van der Waals surface area contributed by atoms with Crippen LogP contribution in [0.4, 0.5) is 0 Å². The van der Waals surface area contributed by atoms with Gasteiger partial charge >= 0.3 is 0 Å². The summed E-state index contributed by atoms with van der Waals surface area (Å²) in [4.78, 5) is 0. The zero-order valence-corrected chi connectivity index (χ0v) is 17.7. The zero-order valence-electron chi connectivity index (χ0n) is 17.7. The van der Waals surface area contributed by atoms with Crippen LogP contribution in [0, 0.1) is 23.7 Å². The summed E-state index contributed by atoms with van der Waals surface area (Å²) < 4.78 is 24.0. The number of unbranched alkanes of at least 4 members (excludes halogenated alkanes) is 1. The van der Waals surface area contributed by atoms with Crippen LogP contribution in [-0.2, 0) is 18.9 Å². The van der Waals surface area contributed by atoms with Crippen LogP contribution in [-0.4, -0.2) is 39.0 Å². The summed E-state index contributed by atoms with van der Waals surface area (Å²) in [6.07, 6.45) is 13.9. The minimum absolute atomic E-state index is 0.0192. The quantitative estimate of drug-likeness (QED) is 0.524. The van der Waals surface area contributed by atoms with Crippen molar-refractivity contribution in [2.24, 2.45) is 23.7 Å². The first-order chi connectivity index (χ1) is 13.3. The van der Waals surface area contributed by atoms with Crippen LogP contribution in [0.25, 0.3) is 0 Å². The molecule has 1 saturated carbocycles. The maximum atomic E-state index is 6.13. The highest BCUT2D eigenvalue weighted by atomic mass is 16.7. The van der Waals surface area contributed by atoms with Crippen molar-refractivity contribution in [3.63, 3.8) is 0 Å². The molecule has 0 radical (unpaired) electrons. The second kappa shape index (κ2) is 11.7. The summed E-state index contributed by atoms with van der Waals surface area (Å²) in [5.74, 6) is 2.64. The Labute approximate surface area is 166 Å². The van der Waals surface area contributed by atoms with Crippen molar-refractivity contribution in [3.05, 3.63) is 0 Å². The van der Waals surface area contributed by atoms with E-state index in [0.29, 0.717) is 17.8 Å². The van der Waals surface area contributed by atoms with Gasteiger partial charge in [-0.25, -0.2) is 0 Å². The number of ether oxygens (including phenoxy) is 4.